The minimum absolute atomic E-state index is 0.0562. The van der Waals surface area contributed by atoms with Crippen molar-refractivity contribution >= 4 is 17.4 Å². The minimum atomic E-state index is -0.413. The molecule has 0 spiro atoms. The Kier molecular flexibility index (Phi) is 6.07. The lowest BCUT2D eigenvalue weighted by molar-refractivity contribution is -0.118. The normalized spacial score (nSPS) is 14.2. The van der Waals surface area contributed by atoms with Gasteiger partial charge in [-0.3, -0.25) is 4.79 Å². The highest BCUT2D eigenvalue weighted by Crippen LogP contribution is 2.37. The van der Waals surface area contributed by atoms with Gasteiger partial charge in [-0.05, 0) is 48.9 Å². The van der Waals surface area contributed by atoms with E-state index in [0.717, 1.165) is 37.3 Å². The zero-order valence-corrected chi connectivity index (χ0v) is 16.1. The number of aromatic nitrogens is 3. The van der Waals surface area contributed by atoms with Gasteiger partial charge in [-0.2, -0.15) is 0 Å². The molecular weight excluding hydrogens is 353 g/mol. The monoisotopic (exact) mass is 377 g/mol. The lowest BCUT2D eigenvalue weighted by Gasteiger charge is -2.10. The van der Waals surface area contributed by atoms with Gasteiger partial charge in [0.25, 0.3) is 0 Å². The molecule has 140 valence electrons. The van der Waals surface area contributed by atoms with E-state index in [4.69, 9.17) is 11.6 Å². The fourth-order valence-electron chi connectivity index (χ4n) is 3.15. The highest BCUT2D eigenvalue weighted by Gasteiger charge is 2.29. The molecule has 1 heterocycles. The van der Waals surface area contributed by atoms with Crippen molar-refractivity contribution in [1.29, 1.82) is 0 Å². The van der Waals surface area contributed by atoms with Crippen LogP contribution in [-0.4, -0.2) is 20.5 Å². The van der Waals surface area contributed by atoms with Crippen molar-refractivity contribution in [3.8, 4) is 0 Å². The molecule has 1 aromatic heterocycles. The molecule has 0 N–H and O–H groups in total. The first-order valence-electron chi connectivity index (χ1n) is 9.31. The number of rotatable bonds is 9. The summed E-state index contributed by atoms with van der Waals surface area (Å²) in [4.78, 5) is 12.3. The fourth-order valence-corrected chi connectivity index (χ4v) is 3.40. The third-order valence-electron chi connectivity index (χ3n) is 4.65. The van der Waals surface area contributed by atoms with Gasteiger partial charge >= 0.3 is 0 Å². The number of halogens is 2. The van der Waals surface area contributed by atoms with Gasteiger partial charge in [0.05, 0.1) is 0 Å². The Morgan fingerprint density at radius 3 is 2.54 bits per heavy atom. The standard InChI is InChI=1S/C20H25ClFN3O/c1-13(2)3-7-19-23-24-20(25(19)17-4-5-17)8-6-18(26)11-14-9-15(21)12-16(22)10-14/h9-10,12-13,17H,3-8,11H2,1-2H3. The lowest BCUT2D eigenvalue weighted by Crippen LogP contribution is -2.10. The van der Waals surface area contributed by atoms with E-state index >= 15 is 0 Å². The molecule has 1 aliphatic carbocycles. The number of hydrogen-bond donors (Lipinski definition) is 0. The molecule has 2 aromatic rings. The summed E-state index contributed by atoms with van der Waals surface area (Å²) in [5, 5.41) is 9.03. The van der Waals surface area contributed by atoms with Crippen molar-refractivity contribution in [2.75, 3.05) is 0 Å². The number of ketones is 1. The van der Waals surface area contributed by atoms with Crippen LogP contribution >= 0.6 is 11.6 Å². The van der Waals surface area contributed by atoms with Gasteiger partial charge in [0.2, 0.25) is 0 Å². The molecule has 0 radical (unpaired) electrons. The van der Waals surface area contributed by atoms with E-state index < -0.39 is 5.82 Å². The molecule has 1 aliphatic rings. The second-order valence-electron chi connectivity index (χ2n) is 7.56. The topological polar surface area (TPSA) is 47.8 Å². The van der Waals surface area contributed by atoms with Crippen molar-refractivity contribution in [3.63, 3.8) is 0 Å². The fraction of sp³-hybridized carbons (Fsp3) is 0.550. The number of aryl methyl sites for hydroxylation is 2. The number of carbonyl (C=O) groups excluding carboxylic acids is 1. The van der Waals surface area contributed by atoms with Gasteiger partial charge in [-0.25, -0.2) is 4.39 Å². The van der Waals surface area contributed by atoms with Crippen molar-refractivity contribution < 1.29 is 9.18 Å². The molecule has 0 amide bonds. The molecule has 1 saturated carbocycles. The Balaban J connectivity index is 1.61. The summed E-state index contributed by atoms with van der Waals surface area (Å²) in [6.45, 7) is 4.41. The van der Waals surface area contributed by atoms with E-state index in [-0.39, 0.29) is 12.2 Å². The summed E-state index contributed by atoms with van der Waals surface area (Å²) in [6.07, 6.45) is 5.48. The van der Waals surface area contributed by atoms with Gasteiger partial charge in [-0.1, -0.05) is 25.4 Å². The largest absolute Gasteiger partial charge is 0.312 e. The first-order chi connectivity index (χ1) is 12.4. The summed E-state index contributed by atoms with van der Waals surface area (Å²) in [5.74, 6) is 2.21. The van der Waals surface area contributed by atoms with Crippen molar-refractivity contribution in [3.05, 3.63) is 46.3 Å². The van der Waals surface area contributed by atoms with Crippen LogP contribution in [0.15, 0.2) is 18.2 Å². The zero-order chi connectivity index (χ0) is 18.7. The SMILES string of the molecule is CC(C)CCc1nnc(CCC(=O)Cc2cc(F)cc(Cl)c2)n1C1CC1. The Morgan fingerprint density at radius 2 is 1.92 bits per heavy atom. The number of nitrogens with zero attached hydrogens (tertiary/aromatic N) is 3. The lowest BCUT2D eigenvalue weighted by atomic mass is 10.1. The van der Waals surface area contributed by atoms with Crippen LogP contribution in [0.2, 0.25) is 5.02 Å². The Labute approximate surface area is 158 Å². The average molecular weight is 378 g/mol. The molecule has 6 heteroatoms. The maximum absolute atomic E-state index is 13.4. The van der Waals surface area contributed by atoms with Crippen LogP contribution in [0.25, 0.3) is 0 Å². The molecule has 0 aliphatic heterocycles. The third kappa shape index (κ3) is 5.13. The van der Waals surface area contributed by atoms with Crippen molar-refractivity contribution in [2.45, 2.75) is 64.8 Å². The molecule has 0 bridgehead atoms. The van der Waals surface area contributed by atoms with E-state index in [2.05, 4.69) is 28.6 Å². The summed E-state index contributed by atoms with van der Waals surface area (Å²) >= 11 is 5.85. The molecule has 1 fully saturated rings. The zero-order valence-electron chi connectivity index (χ0n) is 15.3. The second kappa shape index (κ2) is 8.30. The molecule has 0 saturated heterocycles. The van der Waals surface area contributed by atoms with E-state index in [1.807, 2.05) is 0 Å². The predicted octanol–water partition coefficient (Wildman–Crippen LogP) is 4.74. The smallest absolute Gasteiger partial charge is 0.137 e. The summed E-state index contributed by atoms with van der Waals surface area (Å²) < 4.78 is 15.6. The highest BCUT2D eigenvalue weighted by atomic mass is 35.5. The Bertz CT molecular complexity index is 763. The number of hydrogen-bond acceptors (Lipinski definition) is 3. The van der Waals surface area contributed by atoms with Crippen LogP contribution in [0.4, 0.5) is 4.39 Å². The predicted molar refractivity (Wildman–Crippen MR) is 99.9 cm³/mol. The molecule has 1 aromatic carbocycles. The molecule has 0 atom stereocenters. The van der Waals surface area contributed by atoms with Crippen LogP contribution in [0.1, 0.15) is 62.8 Å². The van der Waals surface area contributed by atoms with Gasteiger partial charge < -0.3 is 4.57 Å². The highest BCUT2D eigenvalue weighted by molar-refractivity contribution is 6.30. The van der Waals surface area contributed by atoms with Gasteiger partial charge in [0, 0.05) is 36.7 Å². The Morgan fingerprint density at radius 1 is 1.23 bits per heavy atom. The number of benzene rings is 1. The van der Waals surface area contributed by atoms with Crippen LogP contribution in [0.5, 0.6) is 0 Å². The average Bonchev–Trinajstić information content (AvgIpc) is 3.30. The summed E-state index contributed by atoms with van der Waals surface area (Å²) in [5.41, 5.74) is 0.612. The van der Waals surface area contributed by atoms with E-state index in [9.17, 15) is 9.18 Å². The summed E-state index contributed by atoms with van der Waals surface area (Å²) in [6, 6.07) is 4.74. The van der Waals surface area contributed by atoms with Crippen LogP contribution in [0, 0.1) is 11.7 Å². The molecule has 3 rings (SSSR count). The molecular formula is C20H25ClFN3O. The minimum Gasteiger partial charge on any atom is -0.312 e. The number of Topliss-reactive ketones (excluding diaryl/α,β-unsaturated/α-hetero) is 1. The van der Waals surface area contributed by atoms with Crippen LogP contribution < -0.4 is 0 Å². The maximum atomic E-state index is 13.4. The number of carbonyl (C=O) groups is 1. The van der Waals surface area contributed by atoms with E-state index in [1.165, 1.54) is 12.1 Å². The first-order valence-corrected chi connectivity index (χ1v) is 9.69. The quantitative estimate of drug-likeness (QED) is 0.634. The van der Waals surface area contributed by atoms with E-state index in [0.29, 0.717) is 35.4 Å². The molecule has 0 unspecified atom stereocenters. The maximum Gasteiger partial charge on any atom is 0.137 e. The third-order valence-corrected chi connectivity index (χ3v) is 4.86. The summed E-state index contributed by atoms with van der Waals surface area (Å²) in [7, 11) is 0. The Hall–Kier alpha value is -1.75. The van der Waals surface area contributed by atoms with Crippen molar-refractivity contribution in [2.24, 2.45) is 5.92 Å². The second-order valence-corrected chi connectivity index (χ2v) is 8.00. The first kappa shape index (κ1) is 19.0. The van der Waals surface area contributed by atoms with Gasteiger partial charge in [0.1, 0.15) is 23.2 Å². The van der Waals surface area contributed by atoms with Gasteiger partial charge in [-0.15, -0.1) is 10.2 Å². The van der Waals surface area contributed by atoms with Crippen LogP contribution in [-0.2, 0) is 24.1 Å². The van der Waals surface area contributed by atoms with E-state index in [1.54, 1.807) is 6.07 Å². The molecule has 26 heavy (non-hydrogen) atoms. The van der Waals surface area contributed by atoms with Crippen molar-refractivity contribution in [1.82, 2.24) is 14.8 Å². The molecule has 4 nitrogen and oxygen atoms in total. The van der Waals surface area contributed by atoms with Crippen LogP contribution in [0.3, 0.4) is 0 Å². The van der Waals surface area contributed by atoms with Gasteiger partial charge in [0.15, 0.2) is 0 Å².